The Balaban J connectivity index is 2.26. The maximum Gasteiger partial charge on any atom is 0.340 e. The van der Waals surface area contributed by atoms with E-state index in [4.69, 9.17) is 15.2 Å². The molecule has 0 aromatic heterocycles. The third-order valence-electron chi connectivity index (χ3n) is 3.48. The zero-order valence-electron chi connectivity index (χ0n) is 11.4. The minimum atomic E-state index is -0.384. The molecule has 0 atom stereocenters. The Morgan fingerprint density at radius 3 is 2.74 bits per heavy atom. The number of carbonyl (C=O) groups is 1. The smallest absolute Gasteiger partial charge is 0.340 e. The fourth-order valence-electron chi connectivity index (χ4n) is 2.22. The second-order valence-corrected chi connectivity index (χ2v) is 5.09. The molecule has 104 valence electrons. The van der Waals surface area contributed by atoms with E-state index in [-0.39, 0.29) is 11.5 Å². The van der Waals surface area contributed by atoms with Crippen LogP contribution in [0.25, 0.3) is 0 Å². The number of benzene rings is 1. The van der Waals surface area contributed by atoms with Crippen LogP contribution in [0.3, 0.4) is 0 Å². The van der Waals surface area contributed by atoms with Crippen molar-refractivity contribution in [3.63, 3.8) is 0 Å². The number of esters is 1. The summed E-state index contributed by atoms with van der Waals surface area (Å²) in [6, 6.07) is 5.23. The van der Waals surface area contributed by atoms with Gasteiger partial charge < -0.3 is 20.5 Å². The Kier molecular flexibility index (Phi) is 3.95. The van der Waals surface area contributed by atoms with E-state index in [0.717, 1.165) is 31.7 Å². The number of rotatable bonds is 3. The van der Waals surface area contributed by atoms with Crippen LogP contribution in [0.1, 0.15) is 30.1 Å². The van der Waals surface area contributed by atoms with Gasteiger partial charge in [0.1, 0.15) is 0 Å². The number of hydrogen-bond acceptors (Lipinski definition) is 5. The van der Waals surface area contributed by atoms with Crippen LogP contribution in [0, 0.1) is 0 Å². The van der Waals surface area contributed by atoms with Gasteiger partial charge in [0.25, 0.3) is 0 Å². The number of nitrogens with two attached hydrogens (primary N) is 1. The lowest BCUT2D eigenvalue weighted by molar-refractivity contribution is 0.0599. The molecule has 0 bridgehead atoms. The van der Waals surface area contributed by atoms with Gasteiger partial charge in [-0.05, 0) is 38.0 Å². The maximum absolute atomic E-state index is 11.8. The Bertz CT molecular complexity index is 468. The number of nitrogens with one attached hydrogen (secondary N) is 1. The molecule has 1 heterocycles. The molecule has 5 heteroatoms. The fraction of sp³-hybridized carbons (Fsp3) is 0.500. The van der Waals surface area contributed by atoms with Gasteiger partial charge in [-0.1, -0.05) is 0 Å². The normalized spacial score (nSPS) is 17.8. The molecule has 0 unspecified atom stereocenters. The van der Waals surface area contributed by atoms with E-state index in [9.17, 15) is 4.79 Å². The lowest BCUT2D eigenvalue weighted by atomic mass is 9.91. The summed E-state index contributed by atoms with van der Waals surface area (Å²) >= 11 is 0. The molecule has 1 saturated heterocycles. The van der Waals surface area contributed by atoms with E-state index in [0.29, 0.717) is 11.3 Å². The van der Waals surface area contributed by atoms with Crippen molar-refractivity contribution in [1.29, 1.82) is 0 Å². The summed E-state index contributed by atoms with van der Waals surface area (Å²) in [6.45, 7) is 3.59. The maximum atomic E-state index is 11.8. The van der Waals surface area contributed by atoms with Gasteiger partial charge in [-0.3, -0.25) is 0 Å². The Hall–Kier alpha value is -1.75. The molecular formula is C14H20N2O3. The molecule has 0 aliphatic carbocycles. The van der Waals surface area contributed by atoms with E-state index < -0.39 is 0 Å². The zero-order valence-corrected chi connectivity index (χ0v) is 11.4. The first-order chi connectivity index (χ1) is 9.04. The Morgan fingerprint density at radius 1 is 1.42 bits per heavy atom. The monoisotopic (exact) mass is 264 g/mol. The van der Waals surface area contributed by atoms with Gasteiger partial charge in [0, 0.05) is 30.1 Å². The third-order valence-corrected chi connectivity index (χ3v) is 3.48. The van der Waals surface area contributed by atoms with Crippen LogP contribution in [0.2, 0.25) is 0 Å². The largest absolute Gasteiger partial charge is 0.465 e. The van der Waals surface area contributed by atoms with E-state index in [1.165, 1.54) is 7.11 Å². The van der Waals surface area contributed by atoms with Gasteiger partial charge in [0.2, 0.25) is 0 Å². The first-order valence-corrected chi connectivity index (χ1v) is 6.38. The van der Waals surface area contributed by atoms with Crippen molar-refractivity contribution in [2.75, 3.05) is 31.4 Å². The van der Waals surface area contributed by atoms with Gasteiger partial charge in [0.05, 0.1) is 12.7 Å². The van der Waals surface area contributed by atoms with Gasteiger partial charge in [-0.15, -0.1) is 0 Å². The molecule has 1 aromatic carbocycles. The highest BCUT2D eigenvalue weighted by Crippen LogP contribution is 2.28. The molecular weight excluding hydrogens is 244 g/mol. The topological polar surface area (TPSA) is 73.6 Å². The average Bonchev–Trinajstić information content (AvgIpc) is 2.40. The van der Waals surface area contributed by atoms with Crippen LogP contribution in [-0.4, -0.2) is 31.8 Å². The second-order valence-electron chi connectivity index (χ2n) is 5.09. The number of carbonyl (C=O) groups excluding carboxylic acids is 1. The highest BCUT2D eigenvalue weighted by Gasteiger charge is 2.28. The quantitative estimate of drug-likeness (QED) is 0.645. The van der Waals surface area contributed by atoms with Crippen LogP contribution in [0.5, 0.6) is 0 Å². The van der Waals surface area contributed by atoms with Gasteiger partial charge in [-0.25, -0.2) is 4.79 Å². The van der Waals surface area contributed by atoms with Gasteiger partial charge >= 0.3 is 5.97 Å². The minimum Gasteiger partial charge on any atom is -0.465 e. The van der Waals surface area contributed by atoms with Gasteiger partial charge in [0.15, 0.2) is 0 Å². The van der Waals surface area contributed by atoms with Crippen LogP contribution in [0.4, 0.5) is 11.4 Å². The molecule has 19 heavy (non-hydrogen) atoms. The van der Waals surface area contributed by atoms with Crippen molar-refractivity contribution >= 4 is 17.3 Å². The van der Waals surface area contributed by atoms with Crippen LogP contribution >= 0.6 is 0 Å². The molecule has 1 fully saturated rings. The third kappa shape index (κ3) is 3.17. The molecule has 3 N–H and O–H groups in total. The summed E-state index contributed by atoms with van der Waals surface area (Å²) in [7, 11) is 1.37. The summed E-state index contributed by atoms with van der Waals surface area (Å²) in [5.41, 5.74) is 7.43. The van der Waals surface area contributed by atoms with Crippen molar-refractivity contribution in [3.8, 4) is 0 Å². The Labute approximate surface area is 113 Å². The number of nitrogen functional groups attached to an aromatic ring is 1. The molecule has 0 amide bonds. The Morgan fingerprint density at radius 2 is 2.11 bits per heavy atom. The standard InChI is InChI=1S/C14H20N2O3/c1-14(5-7-19-8-6-14)16-12-4-3-10(15)9-11(12)13(17)18-2/h3-4,9,16H,5-8,15H2,1-2H3. The molecule has 1 aliphatic heterocycles. The van der Waals surface area contributed by atoms with Gasteiger partial charge in [-0.2, -0.15) is 0 Å². The van der Waals surface area contributed by atoms with E-state index >= 15 is 0 Å². The average molecular weight is 264 g/mol. The summed E-state index contributed by atoms with van der Waals surface area (Å²) in [4.78, 5) is 11.8. The summed E-state index contributed by atoms with van der Waals surface area (Å²) < 4.78 is 10.2. The molecule has 1 aromatic rings. The lowest BCUT2D eigenvalue weighted by Gasteiger charge is -2.36. The zero-order chi connectivity index (χ0) is 13.9. The summed E-state index contributed by atoms with van der Waals surface area (Å²) in [5.74, 6) is -0.384. The van der Waals surface area contributed by atoms with Crippen molar-refractivity contribution in [2.24, 2.45) is 0 Å². The molecule has 2 rings (SSSR count). The van der Waals surface area contributed by atoms with Crippen LogP contribution in [0.15, 0.2) is 18.2 Å². The predicted molar refractivity (Wildman–Crippen MR) is 74.3 cm³/mol. The lowest BCUT2D eigenvalue weighted by Crippen LogP contribution is -2.41. The number of hydrogen-bond donors (Lipinski definition) is 2. The minimum absolute atomic E-state index is 0.0723. The number of methoxy groups -OCH3 is 1. The van der Waals surface area contributed by atoms with E-state index in [1.807, 2.05) is 6.07 Å². The predicted octanol–water partition coefficient (Wildman–Crippen LogP) is 2.04. The molecule has 1 aliphatic rings. The summed E-state index contributed by atoms with van der Waals surface area (Å²) in [6.07, 6.45) is 1.80. The number of ether oxygens (including phenoxy) is 2. The highest BCUT2D eigenvalue weighted by atomic mass is 16.5. The fourth-order valence-corrected chi connectivity index (χ4v) is 2.22. The molecule has 0 spiro atoms. The second kappa shape index (κ2) is 5.48. The molecule has 0 saturated carbocycles. The van der Waals surface area contributed by atoms with Crippen molar-refractivity contribution in [2.45, 2.75) is 25.3 Å². The summed E-state index contributed by atoms with van der Waals surface area (Å²) in [5, 5.41) is 3.43. The SMILES string of the molecule is COC(=O)c1cc(N)ccc1NC1(C)CCOCC1. The first-order valence-electron chi connectivity index (χ1n) is 6.38. The van der Waals surface area contributed by atoms with E-state index in [1.54, 1.807) is 12.1 Å². The molecule has 5 nitrogen and oxygen atoms in total. The van der Waals surface area contributed by atoms with Crippen molar-refractivity contribution in [1.82, 2.24) is 0 Å². The van der Waals surface area contributed by atoms with E-state index in [2.05, 4.69) is 12.2 Å². The first kappa shape index (κ1) is 13.7. The highest BCUT2D eigenvalue weighted by molar-refractivity contribution is 5.96. The van der Waals surface area contributed by atoms with Crippen molar-refractivity contribution < 1.29 is 14.3 Å². The molecule has 0 radical (unpaired) electrons. The van der Waals surface area contributed by atoms with Crippen LogP contribution < -0.4 is 11.1 Å². The number of anilines is 2. The van der Waals surface area contributed by atoms with Crippen molar-refractivity contribution in [3.05, 3.63) is 23.8 Å². The van der Waals surface area contributed by atoms with Crippen LogP contribution in [-0.2, 0) is 9.47 Å².